The number of hydrogen-bond acceptors (Lipinski definition) is 1. The Morgan fingerprint density at radius 1 is 1.36 bits per heavy atom. The van der Waals surface area contributed by atoms with Crippen LogP contribution >= 0.6 is 0 Å². The molecule has 0 saturated heterocycles. The highest BCUT2D eigenvalue weighted by Gasteiger charge is 2.32. The SMILES string of the molecule is C#CCCC1(C#N)CCCC1. The fraction of sp³-hybridized carbons (Fsp3) is 0.700. The summed E-state index contributed by atoms with van der Waals surface area (Å²) in [6.07, 6.45) is 11.4. The Labute approximate surface area is 68.4 Å². The van der Waals surface area contributed by atoms with Crippen LogP contribution in [0.2, 0.25) is 0 Å². The fourth-order valence-corrected chi connectivity index (χ4v) is 1.78. The Bertz CT molecular complexity index is 198. The average molecular weight is 147 g/mol. The van der Waals surface area contributed by atoms with Crippen molar-refractivity contribution in [3.63, 3.8) is 0 Å². The first-order chi connectivity index (χ1) is 5.33. The van der Waals surface area contributed by atoms with Crippen LogP contribution in [0.15, 0.2) is 0 Å². The summed E-state index contributed by atoms with van der Waals surface area (Å²) >= 11 is 0. The highest BCUT2D eigenvalue weighted by Crippen LogP contribution is 2.40. The third kappa shape index (κ3) is 1.75. The van der Waals surface area contributed by atoms with Crippen molar-refractivity contribution in [2.24, 2.45) is 5.41 Å². The highest BCUT2D eigenvalue weighted by atomic mass is 14.4. The molecule has 0 unspecified atom stereocenters. The summed E-state index contributed by atoms with van der Waals surface area (Å²) in [5.41, 5.74) is -0.0492. The molecule has 0 spiro atoms. The molecule has 0 heterocycles. The summed E-state index contributed by atoms with van der Waals surface area (Å²) < 4.78 is 0. The van der Waals surface area contributed by atoms with Gasteiger partial charge in [0.25, 0.3) is 0 Å². The molecule has 1 nitrogen and oxygen atoms in total. The minimum Gasteiger partial charge on any atom is -0.198 e. The number of rotatable bonds is 2. The Hall–Kier alpha value is -0.950. The highest BCUT2D eigenvalue weighted by molar-refractivity contribution is 5.03. The summed E-state index contributed by atoms with van der Waals surface area (Å²) in [7, 11) is 0. The summed E-state index contributed by atoms with van der Waals surface area (Å²) in [5, 5.41) is 8.92. The predicted molar refractivity (Wildman–Crippen MR) is 44.6 cm³/mol. The molecule has 0 N–H and O–H groups in total. The largest absolute Gasteiger partial charge is 0.198 e. The lowest BCUT2D eigenvalue weighted by Crippen LogP contribution is -2.12. The van der Waals surface area contributed by atoms with Gasteiger partial charge in [-0.15, -0.1) is 12.3 Å². The van der Waals surface area contributed by atoms with Gasteiger partial charge in [0.05, 0.1) is 11.5 Å². The molecule has 0 bridgehead atoms. The van der Waals surface area contributed by atoms with Gasteiger partial charge in [-0.1, -0.05) is 12.8 Å². The molecular formula is C10H13N. The first kappa shape index (κ1) is 8.15. The van der Waals surface area contributed by atoms with Crippen LogP contribution in [0.5, 0.6) is 0 Å². The molecule has 1 fully saturated rings. The average Bonchev–Trinajstić information content (AvgIpc) is 2.50. The van der Waals surface area contributed by atoms with Gasteiger partial charge in [-0.05, 0) is 19.3 Å². The maximum Gasteiger partial charge on any atom is 0.0690 e. The van der Waals surface area contributed by atoms with Crippen LogP contribution in [0, 0.1) is 29.1 Å². The van der Waals surface area contributed by atoms with Crippen LogP contribution < -0.4 is 0 Å². The van der Waals surface area contributed by atoms with Crippen molar-refractivity contribution < 1.29 is 0 Å². The van der Waals surface area contributed by atoms with Gasteiger partial charge in [0.15, 0.2) is 0 Å². The number of terminal acetylenes is 1. The van der Waals surface area contributed by atoms with Crippen LogP contribution in [-0.2, 0) is 0 Å². The Balaban J connectivity index is 2.49. The van der Waals surface area contributed by atoms with E-state index >= 15 is 0 Å². The molecule has 1 heteroatoms. The smallest absolute Gasteiger partial charge is 0.0690 e. The van der Waals surface area contributed by atoms with E-state index in [9.17, 15) is 0 Å². The van der Waals surface area contributed by atoms with E-state index in [2.05, 4.69) is 12.0 Å². The van der Waals surface area contributed by atoms with Gasteiger partial charge in [-0.25, -0.2) is 0 Å². The van der Waals surface area contributed by atoms with E-state index in [0.29, 0.717) is 0 Å². The van der Waals surface area contributed by atoms with E-state index in [4.69, 9.17) is 11.7 Å². The fourth-order valence-electron chi connectivity index (χ4n) is 1.78. The minimum atomic E-state index is -0.0492. The van der Waals surface area contributed by atoms with E-state index in [-0.39, 0.29) is 5.41 Å². The van der Waals surface area contributed by atoms with E-state index in [0.717, 1.165) is 25.7 Å². The van der Waals surface area contributed by atoms with E-state index < -0.39 is 0 Å². The topological polar surface area (TPSA) is 23.8 Å². The number of hydrogen-bond donors (Lipinski definition) is 0. The summed E-state index contributed by atoms with van der Waals surface area (Å²) in [6.45, 7) is 0. The zero-order valence-electron chi connectivity index (χ0n) is 6.77. The lowest BCUT2D eigenvalue weighted by molar-refractivity contribution is 0.382. The first-order valence-corrected chi connectivity index (χ1v) is 4.18. The Morgan fingerprint density at radius 2 is 2.00 bits per heavy atom. The molecule has 1 aliphatic carbocycles. The van der Waals surface area contributed by atoms with Crippen LogP contribution in [-0.4, -0.2) is 0 Å². The molecular weight excluding hydrogens is 134 g/mol. The second kappa shape index (κ2) is 3.44. The molecule has 0 aromatic rings. The van der Waals surface area contributed by atoms with Crippen molar-refractivity contribution in [2.75, 3.05) is 0 Å². The van der Waals surface area contributed by atoms with Crippen LogP contribution in [0.3, 0.4) is 0 Å². The van der Waals surface area contributed by atoms with Crippen molar-refractivity contribution >= 4 is 0 Å². The molecule has 0 atom stereocenters. The van der Waals surface area contributed by atoms with Crippen molar-refractivity contribution in [3.05, 3.63) is 0 Å². The molecule has 11 heavy (non-hydrogen) atoms. The number of nitriles is 1. The van der Waals surface area contributed by atoms with Gasteiger partial charge in [-0.2, -0.15) is 5.26 Å². The quantitative estimate of drug-likeness (QED) is 0.550. The lowest BCUT2D eigenvalue weighted by atomic mass is 9.83. The normalized spacial score (nSPS) is 20.5. The second-order valence-electron chi connectivity index (χ2n) is 3.30. The van der Waals surface area contributed by atoms with Crippen molar-refractivity contribution in [1.29, 1.82) is 5.26 Å². The van der Waals surface area contributed by atoms with Gasteiger partial charge in [0.1, 0.15) is 0 Å². The standard InChI is InChI=1S/C10H13N/c1-2-3-6-10(9-11)7-4-5-8-10/h1H,3-8H2. The van der Waals surface area contributed by atoms with Gasteiger partial charge < -0.3 is 0 Å². The summed E-state index contributed by atoms with van der Waals surface area (Å²) in [5.74, 6) is 2.60. The van der Waals surface area contributed by atoms with E-state index in [1.807, 2.05) is 0 Å². The van der Waals surface area contributed by atoms with Gasteiger partial charge in [0.2, 0.25) is 0 Å². The van der Waals surface area contributed by atoms with Gasteiger partial charge in [0, 0.05) is 6.42 Å². The van der Waals surface area contributed by atoms with E-state index in [1.54, 1.807) is 0 Å². The zero-order valence-corrected chi connectivity index (χ0v) is 6.77. The summed E-state index contributed by atoms with van der Waals surface area (Å²) in [4.78, 5) is 0. The molecule has 0 amide bonds. The molecule has 1 aliphatic rings. The zero-order chi connectivity index (χ0) is 8.16. The maximum absolute atomic E-state index is 8.92. The van der Waals surface area contributed by atoms with Crippen LogP contribution in [0.4, 0.5) is 0 Å². The maximum atomic E-state index is 8.92. The molecule has 0 radical (unpaired) electrons. The summed E-state index contributed by atoms with van der Waals surface area (Å²) in [6, 6.07) is 2.42. The van der Waals surface area contributed by atoms with E-state index in [1.165, 1.54) is 12.8 Å². The second-order valence-corrected chi connectivity index (χ2v) is 3.30. The molecule has 0 aromatic heterocycles. The van der Waals surface area contributed by atoms with Crippen molar-refractivity contribution in [3.8, 4) is 18.4 Å². The number of nitrogens with zero attached hydrogens (tertiary/aromatic N) is 1. The first-order valence-electron chi connectivity index (χ1n) is 4.18. The Morgan fingerprint density at radius 3 is 2.45 bits per heavy atom. The molecule has 1 rings (SSSR count). The van der Waals surface area contributed by atoms with Crippen molar-refractivity contribution in [1.82, 2.24) is 0 Å². The predicted octanol–water partition coefficient (Wildman–Crippen LogP) is 2.48. The molecule has 58 valence electrons. The minimum absolute atomic E-state index is 0.0492. The van der Waals surface area contributed by atoms with Crippen LogP contribution in [0.1, 0.15) is 38.5 Å². The third-order valence-electron chi connectivity index (χ3n) is 2.55. The van der Waals surface area contributed by atoms with Gasteiger partial charge in [-0.3, -0.25) is 0 Å². The lowest BCUT2D eigenvalue weighted by Gasteiger charge is -2.17. The van der Waals surface area contributed by atoms with Gasteiger partial charge >= 0.3 is 0 Å². The molecule has 0 aliphatic heterocycles. The Kier molecular flexibility index (Phi) is 2.55. The van der Waals surface area contributed by atoms with Crippen molar-refractivity contribution in [2.45, 2.75) is 38.5 Å². The molecule has 1 saturated carbocycles. The third-order valence-corrected chi connectivity index (χ3v) is 2.55. The monoisotopic (exact) mass is 147 g/mol. The van der Waals surface area contributed by atoms with Crippen LogP contribution in [0.25, 0.3) is 0 Å². The molecule has 0 aromatic carbocycles.